The van der Waals surface area contributed by atoms with E-state index >= 15 is 0 Å². The molecule has 0 bridgehead atoms. The zero-order valence-corrected chi connectivity index (χ0v) is 10.9. The molecule has 0 unspecified atom stereocenters. The summed E-state index contributed by atoms with van der Waals surface area (Å²) in [5.74, 6) is 0.899. The third-order valence-corrected chi connectivity index (χ3v) is 2.78. The van der Waals surface area contributed by atoms with Crippen molar-refractivity contribution in [3.05, 3.63) is 35.9 Å². The molecule has 2 rings (SSSR count). The molecule has 0 aliphatic heterocycles. The zero-order chi connectivity index (χ0) is 12.8. The fraction of sp³-hybridized carbons (Fsp3) is 0.357. The molecular weight excluding hydrogens is 226 g/mol. The third kappa shape index (κ3) is 2.97. The largest absolute Gasteiger partial charge is 0.383 e. The molecule has 0 radical (unpaired) electrons. The number of methoxy groups -OCH3 is 1. The molecule has 0 saturated heterocycles. The van der Waals surface area contributed by atoms with Crippen molar-refractivity contribution in [1.82, 2.24) is 10.3 Å². The SMILES string of the molecule is CNCc1cc(NCCOC)nc2ccccc12. The van der Waals surface area contributed by atoms with Gasteiger partial charge in [0.1, 0.15) is 5.82 Å². The van der Waals surface area contributed by atoms with E-state index in [0.717, 1.165) is 24.4 Å². The molecular formula is C14H19N3O. The Bertz CT molecular complexity index is 513. The van der Waals surface area contributed by atoms with Crippen molar-refractivity contribution in [2.45, 2.75) is 6.54 Å². The highest BCUT2D eigenvalue weighted by Crippen LogP contribution is 2.20. The van der Waals surface area contributed by atoms with Crippen LogP contribution < -0.4 is 10.6 Å². The van der Waals surface area contributed by atoms with Gasteiger partial charge < -0.3 is 15.4 Å². The van der Waals surface area contributed by atoms with Gasteiger partial charge in [0.05, 0.1) is 12.1 Å². The van der Waals surface area contributed by atoms with Gasteiger partial charge in [0.2, 0.25) is 0 Å². The number of aromatic nitrogens is 1. The first-order chi connectivity index (χ1) is 8.85. The summed E-state index contributed by atoms with van der Waals surface area (Å²) >= 11 is 0. The number of benzene rings is 1. The van der Waals surface area contributed by atoms with Crippen molar-refractivity contribution in [1.29, 1.82) is 0 Å². The number of anilines is 1. The van der Waals surface area contributed by atoms with Gasteiger partial charge in [0, 0.05) is 25.6 Å². The molecule has 0 aliphatic carbocycles. The summed E-state index contributed by atoms with van der Waals surface area (Å²) < 4.78 is 5.03. The maximum Gasteiger partial charge on any atom is 0.127 e. The second-order valence-electron chi connectivity index (χ2n) is 4.13. The minimum absolute atomic E-state index is 0.676. The van der Waals surface area contributed by atoms with E-state index in [9.17, 15) is 0 Å². The standard InChI is InChI=1S/C14H19N3O/c1-15-10-11-9-14(16-7-8-18-2)17-13-6-4-3-5-12(11)13/h3-6,9,15H,7-8,10H2,1-2H3,(H,16,17). The van der Waals surface area contributed by atoms with Crippen molar-refractivity contribution < 1.29 is 4.74 Å². The quantitative estimate of drug-likeness (QED) is 0.764. The Labute approximate surface area is 107 Å². The molecule has 0 fully saturated rings. The monoisotopic (exact) mass is 245 g/mol. The van der Waals surface area contributed by atoms with Gasteiger partial charge in [-0.25, -0.2) is 4.98 Å². The van der Waals surface area contributed by atoms with Crippen LogP contribution in [0.15, 0.2) is 30.3 Å². The summed E-state index contributed by atoms with van der Waals surface area (Å²) in [6, 6.07) is 10.3. The van der Waals surface area contributed by atoms with Crippen LogP contribution in [0.25, 0.3) is 10.9 Å². The van der Waals surface area contributed by atoms with Gasteiger partial charge in [-0.15, -0.1) is 0 Å². The van der Waals surface area contributed by atoms with Gasteiger partial charge >= 0.3 is 0 Å². The van der Waals surface area contributed by atoms with Crippen molar-refractivity contribution in [2.24, 2.45) is 0 Å². The maximum atomic E-state index is 5.03. The van der Waals surface area contributed by atoms with E-state index in [1.807, 2.05) is 25.2 Å². The molecule has 1 aromatic heterocycles. The van der Waals surface area contributed by atoms with E-state index in [0.29, 0.717) is 6.61 Å². The summed E-state index contributed by atoms with van der Waals surface area (Å²) in [5.41, 5.74) is 2.27. The molecule has 0 spiro atoms. The predicted molar refractivity (Wildman–Crippen MR) is 74.9 cm³/mol. The average Bonchev–Trinajstić information content (AvgIpc) is 2.39. The van der Waals surface area contributed by atoms with E-state index in [1.54, 1.807) is 7.11 Å². The van der Waals surface area contributed by atoms with Crippen molar-refractivity contribution in [3.63, 3.8) is 0 Å². The van der Waals surface area contributed by atoms with Crippen LogP contribution in [-0.2, 0) is 11.3 Å². The summed E-state index contributed by atoms with van der Waals surface area (Å²) in [5, 5.41) is 7.66. The molecule has 2 N–H and O–H groups in total. The fourth-order valence-electron chi connectivity index (χ4n) is 1.96. The average molecular weight is 245 g/mol. The molecule has 2 aromatic rings. The van der Waals surface area contributed by atoms with E-state index in [1.165, 1.54) is 10.9 Å². The normalized spacial score (nSPS) is 10.8. The molecule has 1 heterocycles. The Morgan fingerprint density at radius 2 is 2.11 bits per heavy atom. The Kier molecular flexibility index (Phi) is 4.50. The smallest absolute Gasteiger partial charge is 0.127 e. The van der Waals surface area contributed by atoms with Crippen LogP contribution in [0.3, 0.4) is 0 Å². The van der Waals surface area contributed by atoms with Gasteiger partial charge in [-0.3, -0.25) is 0 Å². The highest BCUT2D eigenvalue weighted by atomic mass is 16.5. The number of hydrogen-bond donors (Lipinski definition) is 2. The van der Waals surface area contributed by atoms with E-state index in [-0.39, 0.29) is 0 Å². The van der Waals surface area contributed by atoms with Crippen LogP contribution in [0.4, 0.5) is 5.82 Å². The minimum atomic E-state index is 0.676. The number of hydrogen-bond acceptors (Lipinski definition) is 4. The second kappa shape index (κ2) is 6.33. The minimum Gasteiger partial charge on any atom is -0.383 e. The maximum absolute atomic E-state index is 5.03. The molecule has 4 nitrogen and oxygen atoms in total. The molecule has 96 valence electrons. The molecule has 18 heavy (non-hydrogen) atoms. The van der Waals surface area contributed by atoms with Crippen LogP contribution in [0.2, 0.25) is 0 Å². The first-order valence-electron chi connectivity index (χ1n) is 6.11. The van der Waals surface area contributed by atoms with Gasteiger partial charge in [0.25, 0.3) is 0 Å². The number of nitrogens with one attached hydrogen (secondary N) is 2. The lowest BCUT2D eigenvalue weighted by molar-refractivity contribution is 0.210. The molecule has 0 atom stereocenters. The van der Waals surface area contributed by atoms with Crippen LogP contribution in [0.1, 0.15) is 5.56 Å². The number of ether oxygens (including phenoxy) is 1. The number of rotatable bonds is 6. The molecule has 4 heteroatoms. The number of pyridine rings is 1. The summed E-state index contributed by atoms with van der Waals surface area (Å²) in [6.45, 7) is 2.28. The zero-order valence-electron chi connectivity index (χ0n) is 10.9. The molecule has 0 aliphatic rings. The highest BCUT2D eigenvalue weighted by molar-refractivity contribution is 5.84. The highest BCUT2D eigenvalue weighted by Gasteiger charge is 2.04. The van der Waals surface area contributed by atoms with Crippen LogP contribution in [-0.4, -0.2) is 32.3 Å². The van der Waals surface area contributed by atoms with Crippen LogP contribution in [0.5, 0.6) is 0 Å². The first kappa shape index (κ1) is 12.8. The van der Waals surface area contributed by atoms with E-state index in [2.05, 4.69) is 27.8 Å². The van der Waals surface area contributed by atoms with Gasteiger partial charge in [-0.1, -0.05) is 18.2 Å². The lowest BCUT2D eigenvalue weighted by Gasteiger charge is -2.10. The van der Waals surface area contributed by atoms with Crippen LogP contribution in [0, 0.1) is 0 Å². The summed E-state index contributed by atoms with van der Waals surface area (Å²) in [4.78, 5) is 4.60. The number of fused-ring (bicyclic) bond motifs is 1. The Morgan fingerprint density at radius 3 is 2.89 bits per heavy atom. The Hall–Kier alpha value is -1.65. The molecule has 1 aromatic carbocycles. The second-order valence-corrected chi connectivity index (χ2v) is 4.13. The van der Waals surface area contributed by atoms with Gasteiger partial charge in [-0.05, 0) is 24.7 Å². The lowest BCUT2D eigenvalue weighted by Crippen LogP contribution is -2.11. The van der Waals surface area contributed by atoms with Crippen LogP contribution >= 0.6 is 0 Å². The van der Waals surface area contributed by atoms with Crippen molar-refractivity contribution in [3.8, 4) is 0 Å². The van der Waals surface area contributed by atoms with E-state index < -0.39 is 0 Å². The molecule has 0 amide bonds. The van der Waals surface area contributed by atoms with Gasteiger partial charge in [0.15, 0.2) is 0 Å². The Balaban J connectivity index is 2.31. The number of para-hydroxylation sites is 1. The predicted octanol–water partition coefficient (Wildman–Crippen LogP) is 2.01. The fourth-order valence-corrected chi connectivity index (χ4v) is 1.96. The lowest BCUT2D eigenvalue weighted by atomic mass is 10.1. The van der Waals surface area contributed by atoms with Crippen molar-refractivity contribution in [2.75, 3.05) is 32.6 Å². The van der Waals surface area contributed by atoms with Gasteiger partial charge in [-0.2, -0.15) is 0 Å². The number of nitrogens with zero attached hydrogens (tertiary/aromatic N) is 1. The first-order valence-corrected chi connectivity index (χ1v) is 6.11. The topological polar surface area (TPSA) is 46.2 Å². The third-order valence-electron chi connectivity index (χ3n) is 2.78. The Morgan fingerprint density at radius 1 is 1.28 bits per heavy atom. The summed E-state index contributed by atoms with van der Waals surface area (Å²) in [7, 11) is 3.65. The molecule has 0 saturated carbocycles. The van der Waals surface area contributed by atoms with E-state index in [4.69, 9.17) is 4.74 Å². The van der Waals surface area contributed by atoms with Crippen molar-refractivity contribution >= 4 is 16.7 Å². The summed E-state index contributed by atoms with van der Waals surface area (Å²) in [6.07, 6.45) is 0.